The number of carbonyl (C=O) groups excluding carboxylic acids is 1. The van der Waals surface area contributed by atoms with Crippen molar-refractivity contribution in [1.82, 2.24) is 24.5 Å². The number of halogens is 2. The first-order chi connectivity index (χ1) is 18.1. The number of likely N-dealkylation sites (N-methyl/N-ethyl adjacent to an activating group) is 1. The van der Waals surface area contributed by atoms with Gasteiger partial charge in [-0.05, 0) is 78.6 Å². The van der Waals surface area contributed by atoms with Crippen LogP contribution >= 0.6 is 0 Å². The highest BCUT2D eigenvalue weighted by molar-refractivity contribution is 5.73. The quantitative estimate of drug-likeness (QED) is 0.415. The molecule has 3 aromatic heterocycles. The van der Waals surface area contributed by atoms with Crippen LogP contribution < -0.4 is 5.73 Å². The highest BCUT2D eigenvalue weighted by Gasteiger charge is 2.38. The number of hydrogen-bond donors (Lipinski definition) is 1. The number of nitrogens with zero attached hydrogens (tertiary/aromatic N) is 5. The summed E-state index contributed by atoms with van der Waals surface area (Å²) in [7, 11) is 1.82. The van der Waals surface area contributed by atoms with Gasteiger partial charge in [-0.15, -0.1) is 0 Å². The molecule has 7 nitrogen and oxygen atoms in total. The van der Waals surface area contributed by atoms with Crippen LogP contribution in [0, 0.1) is 24.5 Å². The number of nitrogens with two attached hydrogens (primary N) is 1. The second-order valence-corrected chi connectivity index (χ2v) is 10.5. The van der Waals surface area contributed by atoms with E-state index < -0.39 is 11.6 Å². The Balaban J connectivity index is 1.46. The number of imidazole rings is 1. The Hall–Kier alpha value is -3.72. The summed E-state index contributed by atoms with van der Waals surface area (Å²) in [6.07, 6.45) is 7.41. The third kappa shape index (κ3) is 4.78. The van der Waals surface area contributed by atoms with E-state index in [4.69, 9.17) is 5.73 Å². The molecule has 1 fully saturated rings. The molecule has 9 heteroatoms. The van der Waals surface area contributed by atoms with Gasteiger partial charge in [0.1, 0.15) is 17.5 Å². The Morgan fingerprint density at radius 2 is 1.89 bits per heavy atom. The van der Waals surface area contributed by atoms with E-state index in [9.17, 15) is 13.6 Å². The van der Waals surface area contributed by atoms with Crippen molar-refractivity contribution < 1.29 is 13.6 Å². The van der Waals surface area contributed by atoms with E-state index in [2.05, 4.69) is 22.0 Å². The van der Waals surface area contributed by atoms with Crippen molar-refractivity contribution in [3.8, 4) is 11.3 Å². The first-order valence-electron chi connectivity index (χ1n) is 12.9. The lowest BCUT2D eigenvalue weighted by Gasteiger charge is -2.43. The zero-order chi connectivity index (χ0) is 27.1. The van der Waals surface area contributed by atoms with Crippen molar-refractivity contribution in [2.45, 2.75) is 58.0 Å². The molecule has 38 heavy (non-hydrogen) atoms. The number of amides is 1. The number of hydrogen-bond acceptors (Lipinski definition) is 5. The fraction of sp³-hybridized carbons (Fsp3) is 0.379. The molecule has 1 saturated carbocycles. The fourth-order valence-electron chi connectivity index (χ4n) is 5.99. The standard InChI is InChI=1S/C29H32F2N6O/c1-16-9-23(30)28(24(31)10-16)26-6-5-21-15-34-27(37(21)35-26)13-20-14-33-8-7-22(20)19-11-17(2)29(25(32)12-19)36(4)18(3)38/h5-10,14-15,17,19,25,29H,11-13,32H2,1-4H3/t17-,19+,25+,29-/m0/s1. The molecule has 0 saturated heterocycles. The van der Waals surface area contributed by atoms with E-state index in [0.29, 0.717) is 17.8 Å². The second kappa shape index (κ2) is 10.2. The Morgan fingerprint density at radius 3 is 2.58 bits per heavy atom. The third-order valence-corrected chi connectivity index (χ3v) is 7.81. The van der Waals surface area contributed by atoms with Crippen LogP contribution in [0.3, 0.4) is 0 Å². The number of benzene rings is 1. The fourth-order valence-corrected chi connectivity index (χ4v) is 5.99. The van der Waals surface area contributed by atoms with Crippen LogP contribution in [-0.4, -0.2) is 49.5 Å². The van der Waals surface area contributed by atoms with Crippen LogP contribution in [0.5, 0.6) is 0 Å². The first-order valence-corrected chi connectivity index (χ1v) is 12.9. The number of aromatic nitrogens is 4. The van der Waals surface area contributed by atoms with Gasteiger partial charge < -0.3 is 10.6 Å². The van der Waals surface area contributed by atoms with Crippen molar-refractivity contribution in [3.63, 3.8) is 0 Å². The number of rotatable bonds is 5. The van der Waals surface area contributed by atoms with Gasteiger partial charge in [-0.1, -0.05) is 6.92 Å². The third-order valence-electron chi connectivity index (χ3n) is 7.81. The Kier molecular flexibility index (Phi) is 6.96. The molecule has 0 unspecified atom stereocenters. The molecule has 0 aliphatic heterocycles. The van der Waals surface area contributed by atoms with Gasteiger partial charge in [0, 0.05) is 44.9 Å². The van der Waals surface area contributed by atoms with Gasteiger partial charge in [0.2, 0.25) is 5.91 Å². The van der Waals surface area contributed by atoms with Gasteiger partial charge >= 0.3 is 0 Å². The van der Waals surface area contributed by atoms with Crippen LogP contribution in [-0.2, 0) is 11.2 Å². The van der Waals surface area contributed by atoms with Crippen molar-refractivity contribution in [2.24, 2.45) is 11.7 Å². The summed E-state index contributed by atoms with van der Waals surface area (Å²) in [5, 5.41) is 4.56. The van der Waals surface area contributed by atoms with Crippen molar-refractivity contribution >= 4 is 11.4 Å². The zero-order valence-electron chi connectivity index (χ0n) is 22.0. The molecule has 4 atom stereocenters. The topological polar surface area (TPSA) is 89.4 Å². The van der Waals surface area contributed by atoms with E-state index in [1.54, 1.807) is 47.8 Å². The Bertz CT molecular complexity index is 1470. The Morgan fingerprint density at radius 1 is 1.16 bits per heavy atom. The molecule has 0 spiro atoms. The van der Waals surface area contributed by atoms with Crippen LogP contribution in [0.2, 0.25) is 0 Å². The average molecular weight is 519 g/mol. The SMILES string of the molecule is CC(=O)N(C)[C@@H]1[C@H](N)C[C@H](c2ccncc2Cc2ncc3ccc(-c4c(F)cc(C)cc4F)nn23)C[C@@H]1C. The highest BCUT2D eigenvalue weighted by atomic mass is 19.1. The maximum Gasteiger partial charge on any atom is 0.219 e. The maximum atomic E-state index is 14.7. The molecule has 1 aliphatic carbocycles. The zero-order valence-corrected chi connectivity index (χ0v) is 22.0. The van der Waals surface area contributed by atoms with Crippen LogP contribution in [0.1, 0.15) is 55.1 Å². The summed E-state index contributed by atoms with van der Waals surface area (Å²) >= 11 is 0. The molecule has 5 rings (SSSR count). The molecule has 0 bridgehead atoms. The van der Waals surface area contributed by atoms with E-state index >= 15 is 0 Å². The number of carbonyl (C=O) groups is 1. The van der Waals surface area contributed by atoms with Gasteiger partial charge in [0.25, 0.3) is 0 Å². The monoisotopic (exact) mass is 518 g/mol. The summed E-state index contributed by atoms with van der Waals surface area (Å²) < 4.78 is 31.0. The molecule has 4 aromatic rings. The second-order valence-electron chi connectivity index (χ2n) is 10.5. The van der Waals surface area contributed by atoms with E-state index in [1.165, 1.54) is 12.1 Å². The van der Waals surface area contributed by atoms with Crippen molar-refractivity contribution in [1.29, 1.82) is 0 Å². The minimum Gasteiger partial charge on any atom is -0.341 e. The molecule has 3 heterocycles. The van der Waals surface area contributed by atoms with Crippen LogP contribution in [0.4, 0.5) is 8.78 Å². The summed E-state index contributed by atoms with van der Waals surface area (Å²) in [6, 6.07) is 7.84. The summed E-state index contributed by atoms with van der Waals surface area (Å²) in [6.45, 7) is 5.37. The van der Waals surface area contributed by atoms with Crippen LogP contribution in [0.15, 0.2) is 48.9 Å². The van der Waals surface area contributed by atoms with Gasteiger partial charge in [-0.2, -0.15) is 5.10 Å². The summed E-state index contributed by atoms with van der Waals surface area (Å²) in [5.74, 6) is -0.200. The molecule has 1 aliphatic rings. The Labute approximate surface area is 220 Å². The molecule has 2 N–H and O–H groups in total. The molecule has 1 aromatic carbocycles. The maximum absolute atomic E-state index is 14.7. The minimum atomic E-state index is -0.651. The predicted molar refractivity (Wildman–Crippen MR) is 141 cm³/mol. The summed E-state index contributed by atoms with van der Waals surface area (Å²) in [4.78, 5) is 22.7. The van der Waals surface area contributed by atoms with E-state index in [1.807, 2.05) is 19.3 Å². The molecule has 1 amide bonds. The summed E-state index contributed by atoms with van der Waals surface area (Å²) in [5.41, 5.74) is 10.0. The normalized spacial score (nSPS) is 21.6. The lowest BCUT2D eigenvalue weighted by molar-refractivity contribution is -0.131. The predicted octanol–water partition coefficient (Wildman–Crippen LogP) is 4.66. The lowest BCUT2D eigenvalue weighted by Crippen LogP contribution is -2.54. The molecular weight excluding hydrogens is 486 g/mol. The largest absolute Gasteiger partial charge is 0.341 e. The van der Waals surface area contributed by atoms with Gasteiger partial charge in [0.05, 0.1) is 23.0 Å². The van der Waals surface area contributed by atoms with Crippen molar-refractivity contribution in [2.75, 3.05) is 7.05 Å². The number of pyridine rings is 1. The van der Waals surface area contributed by atoms with E-state index in [-0.39, 0.29) is 41.1 Å². The van der Waals surface area contributed by atoms with Gasteiger partial charge in [0.15, 0.2) is 0 Å². The number of aryl methyl sites for hydroxylation is 1. The van der Waals surface area contributed by atoms with Crippen molar-refractivity contribution in [3.05, 3.63) is 83.1 Å². The molecular formula is C29H32F2N6O. The van der Waals surface area contributed by atoms with E-state index in [0.717, 1.165) is 29.5 Å². The smallest absolute Gasteiger partial charge is 0.219 e. The molecule has 0 radical (unpaired) electrons. The average Bonchev–Trinajstić information content (AvgIpc) is 3.25. The highest BCUT2D eigenvalue weighted by Crippen LogP contribution is 2.39. The molecule has 198 valence electrons. The minimum absolute atomic E-state index is 0.00420. The van der Waals surface area contributed by atoms with Crippen LogP contribution in [0.25, 0.3) is 16.8 Å². The van der Waals surface area contributed by atoms with Gasteiger partial charge in [-0.3, -0.25) is 9.78 Å². The first kappa shape index (κ1) is 25.9. The number of fused-ring (bicyclic) bond motifs is 1. The lowest BCUT2D eigenvalue weighted by atomic mass is 9.72. The van der Waals surface area contributed by atoms with Gasteiger partial charge in [-0.25, -0.2) is 18.3 Å².